The molecule has 0 radical (unpaired) electrons. The van der Waals surface area contributed by atoms with E-state index < -0.39 is 77.8 Å². The molecule has 354 valence electrons. The van der Waals surface area contributed by atoms with Crippen molar-refractivity contribution in [1.29, 1.82) is 0 Å². The number of carbonyl (C=O) groups is 4. The number of allylic oxidation sites excluding steroid dienone is 3. The number of nitrogens with zero attached hydrogens (tertiary/aromatic N) is 1. The largest absolute Gasteiger partial charge is 0.456 e. The molecule has 15 nitrogen and oxygen atoms in total. The van der Waals surface area contributed by atoms with Crippen molar-refractivity contribution in [3.8, 4) is 0 Å². The molecule has 1 saturated carbocycles. The van der Waals surface area contributed by atoms with Gasteiger partial charge in [0.15, 0.2) is 0 Å². The Morgan fingerprint density at radius 2 is 1.60 bits per heavy atom. The second kappa shape index (κ2) is 24.6. The van der Waals surface area contributed by atoms with Gasteiger partial charge in [-0.25, -0.2) is 4.79 Å². The number of amides is 1. The van der Waals surface area contributed by atoms with E-state index in [0.29, 0.717) is 63.7 Å². The quantitative estimate of drug-likeness (QED) is 0.0866. The van der Waals surface area contributed by atoms with Crippen LogP contribution in [0.15, 0.2) is 23.3 Å². The van der Waals surface area contributed by atoms with Gasteiger partial charge >= 0.3 is 5.97 Å². The molecule has 4 aliphatic rings. The van der Waals surface area contributed by atoms with Gasteiger partial charge in [0.1, 0.15) is 30.8 Å². The van der Waals surface area contributed by atoms with Crippen molar-refractivity contribution in [3.05, 3.63) is 23.3 Å². The molecule has 15 heteroatoms. The molecule has 14 atom stereocenters. The molecule has 0 aromatic heterocycles. The fourth-order valence-corrected chi connectivity index (χ4v) is 9.90. The number of ether oxygens (including phenoxy) is 8. The molecule has 0 spiro atoms. The second-order valence-electron chi connectivity index (χ2n) is 18.3. The van der Waals surface area contributed by atoms with Crippen molar-refractivity contribution in [3.63, 3.8) is 0 Å². The molecule has 2 saturated heterocycles. The molecule has 4 rings (SSSR count). The molecule has 1 aliphatic carbocycles. The highest BCUT2D eigenvalue weighted by Gasteiger charge is 2.56. The Hall–Kier alpha value is -2.60. The molecule has 62 heavy (non-hydrogen) atoms. The molecule has 3 heterocycles. The first kappa shape index (κ1) is 52.0. The van der Waals surface area contributed by atoms with Gasteiger partial charge in [0.25, 0.3) is 11.7 Å². The highest BCUT2D eigenvalue weighted by molar-refractivity contribution is 6.39. The standard InChI is InChI=1S/C47H77NO14/c1-11-34-21-28(2)20-29(3)22-40(57-9)43-41(58-10)24-31(5)47(54,62-43)44(51)45(52)48-17-13-12-14-35(48)46(53)61-42(32(6)36(49)26-37(34)50)30(4)23-33-15-16-38(39(25-33)56-8)60-27-59-19-18-55-7/h21,23,29,31-36,38-43,49,54H,11-20,22,24-27H2,1-10H3/b28-21+,30-23+/t29-,31+,32+,33-,34+,35-,36-,38+,39+,40?,41-,42+,43+,47+/m0/s1. The van der Waals surface area contributed by atoms with Crippen molar-refractivity contribution in [2.24, 2.45) is 29.6 Å². The fraction of sp³-hybridized carbons (Fsp3) is 0.830. The highest BCUT2D eigenvalue weighted by atomic mass is 16.7. The smallest absolute Gasteiger partial charge is 0.329 e. The molecule has 3 aliphatic heterocycles. The third kappa shape index (κ3) is 13.2. The van der Waals surface area contributed by atoms with Gasteiger partial charge < -0.3 is 53.0 Å². The zero-order chi connectivity index (χ0) is 45.7. The van der Waals surface area contributed by atoms with Crippen LogP contribution in [0.5, 0.6) is 0 Å². The first-order chi connectivity index (χ1) is 29.5. The van der Waals surface area contributed by atoms with Crippen LogP contribution in [0.25, 0.3) is 0 Å². The van der Waals surface area contributed by atoms with Gasteiger partial charge in [0, 0.05) is 59.2 Å². The normalized spacial score (nSPS) is 38.7. The molecule has 2 N–H and O–H groups in total. The number of carbonyl (C=O) groups excluding carboxylic acids is 4. The molecule has 1 unspecified atom stereocenters. The summed E-state index contributed by atoms with van der Waals surface area (Å²) < 4.78 is 46.8. The molecule has 3 fully saturated rings. The van der Waals surface area contributed by atoms with Crippen LogP contribution in [0, 0.1) is 29.6 Å². The maximum absolute atomic E-state index is 14.4. The number of fused-ring (bicyclic) bond motifs is 3. The SMILES string of the molecule is CC[C@@H]1/C=C(\C)C[C@H](C)CC(OC)[C@H]2O[C@@](O)(C(=O)C(=O)N3CCCC[C@H]3C(=O)O[C@H](/C(C)=C/[C@@H]3CC[C@@H](OCOCCOC)[C@H](OC)C3)[C@H](C)[C@@H](O)CC1=O)[C@H](C)C[C@@H]2OC. The van der Waals surface area contributed by atoms with Crippen LogP contribution >= 0.6 is 0 Å². The number of aliphatic hydroxyl groups is 2. The van der Waals surface area contributed by atoms with Gasteiger partial charge in [0.2, 0.25) is 5.79 Å². The predicted molar refractivity (Wildman–Crippen MR) is 230 cm³/mol. The Morgan fingerprint density at radius 1 is 0.903 bits per heavy atom. The second-order valence-corrected chi connectivity index (χ2v) is 18.3. The van der Waals surface area contributed by atoms with Crippen LogP contribution in [0.1, 0.15) is 112 Å². The fourth-order valence-electron chi connectivity index (χ4n) is 9.90. The summed E-state index contributed by atoms with van der Waals surface area (Å²) in [6.07, 6.45) is 4.59. The summed E-state index contributed by atoms with van der Waals surface area (Å²) in [4.78, 5) is 58.2. The van der Waals surface area contributed by atoms with E-state index in [1.165, 1.54) is 19.1 Å². The average molecular weight is 880 g/mol. The molecule has 0 aromatic carbocycles. The van der Waals surface area contributed by atoms with E-state index in [-0.39, 0.29) is 62.4 Å². The summed E-state index contributed by atoms with van der Waals surface area (Å²) in [5.41, 5.74) is 1.68. The van der Waals surface area contributed by atoms with Gasteiger partial charge in [-0.2, -0.15) is 0 Å². The minimum atomic E-state index is -2.51. The summed E-state index contributed by atoms with van der Waals surface area (Å²) in [7, 11) is 6.32. The van der Waals surface area contributed by atoms with Crippen molar-refractivity contribution in [1.82, 2.24) is 4.90 Å². The number of hydrogen-bond donors (Lipinski definition) is 2. The third-order valence-electron chi connectivity index (χ3n) is 13.7. The van der Waals surface area contributed by atoms with E-state index in [4.69, 9.17) is 37.9 Å². The number of cyclic esters (lactones) is 1. The van der Waals surface area contributed by atoms with E-state index in [0.717, 1.165) is 12.0 Å². The number of Topliss-reactive ketones (excluding diaryl/α,β-unsaturated/α-hetero) is 2. The zero-order valence-corrected chi connectivity index (χ0v) is 39.0. The van der Waals surface area contributed by atoms with E-state index in [1.54, 1.807) is 28.1 Å². The number of esters is 1. The molecule has 2 bridgehead atoms. The summed E-state index contributed by atoms with van der Waals surface area (Å²) in [5, 5.41) is 23.9. The van der Waals surface area contributed by atoms with Crippen LogP contribution in [0.4, 0.5) is 0 Å². The van der Waals surface area contributed by atoms with Gasteiger partial charge in [0.05, 0.1) is 43.7 Å². The Labute approximate surface area is 369 Å². The van der Waals surface area contributed by atoms with E-state index in [9.17, 15) is 29.4 Å². The maximum Gasteiger partial charge on any atom is 0.329 e. The van der Waals surface area contributed by atoms with E-state index >= 15 is 0 Å². The lowest BCUT2D eigenvalue weighted by atomic mass is 9.81. The highest BCUT2D eigenvalue weighted by Crippen LogP contribution is 2.39. The van der Waals surface area contributed by atoms with Crippen molar-refractivity contribution < 1.29 is 67.3 Å². The lowest BCUT2D eigenvalue weighted by Gasteiger charge is -2.47. The minimum Gasteiger partial charge on any atom is -0.456 e. The monoisotopic (exact) mass is 880 g/mol. The molecular formula is C47H77NO14. The Kier molecular flexibility index (Phi) is 20.7. The summed E-state index contributed by atoms with van der Waals surface area (Å²) in [6, 6.07) is -1.14. The Morgan fingerprint density at radius 3 is 2.26 bits per heavy atom. The number of methoxy groups -OCH3 is 4. The first-order valence-electron chi connectivity index (χ1n) is 22.8. The van der Waals surface area contributed by atoms with Gasteiger partial charge in [-0.15, -0.1) is 0 Å². The van der Waals surface area contributed by atoms with Crippen LogP contribution in [0.3, 0.4) is 0 Å². The van der Waals surface area contributed by atoms with Crippen LogP contribution < -0.4 is 0 Å². The zero-order valence-electron chi connectivity index (χ0n) is 39.0. The molecule has 0 aromatic rings. The van der Waals surface area contributed by atoms with Gasteiger partial charge in [-0.05, 0) is 95.5 Å². The number of rotatable bonds is 12. The Bertz CT molecular complexity index is 1540. The van der Waals surface area contributed by atoms with Crippen molar-refractivity contribution in [2.75, 3.05) is 55.0 Å². The molecule has 1 amide bonds. The van der Waals surface area contributed by atoms with E-state index in [2.05, 4.69) is 6.92 Å². The lowest BCUT2D eigenvalue weighted by Crippen LogP contribution is -2.64. The summed E-state index contributed by atoms with van der Waals surface area (Å²) in [6.45, 7) is 12.3. The topological polar surface area (TPSA) is 186 Å². The maximum atomic E-state index is 14.4. The van der Waals surface area contributed by atoms with Crippen LogP contribution in [-0.4, -0.2) is 148 Å². The van der Waals surface area contributed by atoms with Gasteiger partial charge in [-0.3, -0.25) is 14.4 Å². The molecular weight excluding hydrogens is 803 g/mol. The number of aliphatic hydroxyl groups excluding tert-OH is 1. The Balaban J connectivity index is 1.70. The minimum absolute atomic E-state index is 0.0202. The van der Waals surface area contributed by atoms with Gasteiger partial charge in [-0.1, -0.05) is 45.4 Å². The number of hydrogen-bond acceptors (Lipinski definition) is 14. The van der Waals surface area contributed by atoms with E-state index in [1.807, 2.05) is 32.9 Å². The average Bonchev–Trinajstić information content (AvgIpc) is 3.26. The van der Waals surface area contributed by atoms with Crippen molar-refractivity contribution in [2.45, 2.75) is 167 Å². The number of ketones is 2. The van der Waals surface area contributed by atoms with Crippen molar-refractivity contribution >= 4 is 23.4 Å². The predicted octanol–water partition coefficient (Wildman–Crippen LogP) is 5.12. The van der Waals surface area contributed by atoms with Crippen LogP contribution in [0.2, 0.25) is 0 Å². The number of piperidine rings is 1. The third-order valence-corrected chi connectivity index (χ3v) is 13.7. The summed E-state index contributed by atoms with van der Waals surface area (Å²) in [5.74, 6) is -7.49. The lowest BCUT2D eigenvalue weighted by molar-refractivity contribution is -0.302. The summed E-state index contributed by atoms with van der Waals surface area (Å²) >= 11 is 0. The first-order valence-corrected chi connectivity index (χ1v) is 22.8. The van der Waals surface area contributed by atoms with Crippen LogP contribution in [-0.2, 0) is 57.1 Å².